The molecule has 0 bridgehead atoms. The highest BCUT2D eigenvalue weighted by molar-refractivity contribution is 14.1. The summed E-state index contributed by atoms with van der Waals surface area (Å²) >= 11 is 3.54. The number of amides is 3. The van der Waals surface area contributed by atoms with Crippen LogP contribution in [-0.2, 0) is 10.5 Å². The van der Waals surface area contributed by atoms with Crippen molar-refractivity contribution in [2.45, 2.75) is 11.8 Å². The Hall–Kier alpha value is -3.70. The molecule has 0 fully saturated rings. The molecule has 1 unspecified atom stereocenters. The van der Waals surface area contributed by atoms with Gasteiger partial charge in [-0.2, -0.15) is 22.0 Å². The number of benzene rings is 4. The molecule has 38 heavy (non-hydrogen) atoms. The first-order valence-corrected chi connectivity index (χ1v) is 14.0. The zero-order chi connectivity index (χ0) is 26.9. The third kappa shape index (κ3) is 7.65. The van der Waals surface area contributed by atoms with Crippen molar-refractivity contribution >= 4 is 69.2 Å². The molecule has 3 amide bonds. The van der Waals surface area contributed by atoms with E-state index >= 15 is 0 Å². The van der Waals surface area contributed by atoms with Gasteiger partial charge in [-0.3, -0.25) is 4.79 Å². The van der Waals surface area contributed by atoms with Crippen LogP contribution in [0.3, 0.4) is 0 Å². The normalized spacial score (nSPS) is 12.1. The van der Waals surface area contributed by atoms with Crippen LogP contribution in [0.4, 0.5) is 4.79 Å². The maximum Gasteiger partial charge on any atom is 0.515 e. The van der Waals surface area contributed by atoms with Gasteiger partial charge in [0.1, 0.15) is 6.21 Å². The quantitative estimate of drug-likeness (QED) is 0.105. The van der Waals surface area contributed by atoms with E-state index in [0.717, 1.165) is 24.6 Å². The number of aliphatic carboxylic acids is 1. The first-order chi connectivity index (χ1) is 18.4. The minimum atomic E-state index is -1.16. The van der Waals surface area contributed by atoms with Gasteiger partial charge in [0, 0.05) is 26.2 Å². The number of thioether (sulfide) groups is 1. The van der Waals surface area contributed by atoms with Crippen LogP contribution in [-0.4, -0.2) is 45.7 Å². The van der Waals surface area contributed by atoms with Crippen LogP contribution >= 0.6 is 34.4 Å². The molecule has 4 aromatic carbocycles. The second-order valence-electron chi connectivity index (χ2n) is 8.39. The molecule has 0 saturated heterocycles. The Kier molecular flexibility index (Phi) is 9.50. The standard InChI is InChI=1S/C29H24IN3O4S/c30-25-14-12-23(13-15-25)27(34)32-33(17-21-10-11-22-8-4-5-9-24(22)16-21)29(37)31-26(28(35)36)19-38-18-20-6-2-1-3-7-20/h1-17,26H,18-19H2,(H2-,31,32,34,35,36,37)/p+1. The van der Waals surface area contributed by atoms with E-state index in [1.165, 1.54) is 18.0 Å². The van der Waals surface area contributed by atoms with Gasteiger partial charge in [0.15, 0.2) is 0 Å². The van der Waals surface area contributed by atoms with Gasteiger partial charge in [-0.25, -0.2) is 10.1 Å². The fourth-order valence-corrected chi connectivity index (χ4v) is 4.98. The predicted octanol–water partition coefficient (Wildman–Crippen LogP) is 5.32. The number of carboxylic acids is 1. The van der Waals surface area contributed by atoms with Gasteiger partial charge < -0.3 is 5.11 Å². The van der Waals surface area contributed by atoms with Crippen LogP contribution in [0, 0.1) is 3.57 Å². The predicted molar refractivity (Wildman–Crippen MR) is 159 cm³/mol. The molecule has 9 heteroatoms. The SMILES string of the molecule is O=C(N[N+](=Cc1ccc2ccccc2c1)C(=O)NC(CSCc1ccccc1)C(=O)O)c1ccc(I)cc1. The van der Waals surface area contributed by atoms with Crippen molar-refractivity contribution in [1.82, 2.24) is 10.7 Å². The second-order valence-corrected chi connectivity index (χ2v) is 10.7. The summed E-state index contributed by atoms with van der Waals surface area (Å²) in [4.78, 5) is 38.2. The van der Waals surface area contributed by atoms with E-state index in [1.54, 1.807) is 24.3 Å². The van der Waals surface area contributed by atoms with Gasteiger partial charge in [-0.05, 0) is 69.3 Å². The number of hydrogen-bond donors (Lipinski definition) is 3. The third-order valence-corrected chi connectivity index (χ3v) is 7.42. The molecule has 0 spiro atoms. The summed E-state index contributed by atoms with van der Waals surface area (Å²) in [6.07, 6.45) is 1.47. The summed E-state index contributed by atoms with van der Waals surface area (Å²) in [5, 5.41) is 14.3. The minimum Gasteiger partial charge on any atom is -0.478 e. The largest absolute Gasteiger partial charge is 0.515 e. The van der Waals surface area contributed by atoms with E-state index in [1.807, 2.05) is 72.8 Å². The lowest BCUT2D eigenvalue weighted by molar-refractivity contribution is -0.472. The van der Waals surface area contributed by atoms with Gasteiger partial charge in [0.2, 0.25) is 6.04 Å². The zero-order valence-electron chi connectivity index (χ0n) is 20.2. The molecule has 0 heterocycles. The van der Waals surface area contributed by atoms with E-state index < -0.39 is 23.9 Å². The van der Waals surface area contributed by atoms with Crippen LogP contribution in [0.15, 0.2) is 97.1 Å². The molecule has 1 atom stereocenters. The maximum atomic E-state index is 13.3. The van der Waals surface area contributed by atoms with Crippen molar-refractivity contribution in [3.63, 3.8) is 0 Å². The molecule has 192 valence electrons. The van der Waals surface area contributed by atoms with Crippen LogP contribution in [0.1, 0.15) is 21.5 Å². The van der Waals surface area contributed by atoms with Gasteiger partial charge >= 0.3 is 12.0 Å². The van der Waals surface area contributed by atoms with Crippen molar-refractivity contribution in [2.24, 2.45) is 0 Å². The first kappa shape index (κ1) is 27.3. The number of rotatable bonds is 8. The second kappa shape index (κ2) is 13.2. The summed E-state index contributed by atoms with van der Waals surface area (Å²) in [5.41, 5.74) is 4.68. The highest BCUT2D eigenvalue weighted by Gasteiger charge is 2.29. The Morgan fingerprint density at radius 2 is 1.58 bits per heavy atom. The number of halogens is 1. The molecule has 4 rings (SSSR count). The molecule has 0 aliphatic carbocycles. The first-order valence-electron chi connectivity index (χ1n) is 11.7. The molecular weight excluding hydrogens is 613 g/mol. The lowest BCUT2D eigenvalue weighted by Crippen LogP contribution is -2.51. The van der Waals surface area contributed by atoms with Gasteiger partial charge in [-0.15, -0.1) is 0 Å². The highest BCUT2D eigenvalue weighted by atomic mass is 127. The number of hydrazone groups is 1. The molecule has 3 N–H and O–H groups in total. The molecule has 0 aliphatic heterocycles. The fraction of sp³-hybridized carbons (Fsp3) is 0.103. The summed E-state index contributed by atoms with van der Waals surface area (Å²) < 4.78 is 1.97. The van der Waals surface area contributed by atoms with Gasteiger partial charge in [-0.1, -0.05) is 71.4 Å². The van der Waals surface area contributed by atoms with Crippen molar-refractivity contribution in [3.05, 3.63) is 117 Å². The summed E-state index contributed by atoms with van der Waals surface area (Å²) in [5.74, 6) is -0.894. The van der Waals surface area contributed by atoms with Crippen LogP contribution in [0.2, 0.25) is 0 Å². The van der Waals surface area contributed by atoms with Crippen LogP contribution in [0.25, 0.3) is 10.8 Å². The lowest BCUT2D eigenvalue weighted by Gasteiger charge is -2.12. The van der Waals surface area contributed by atoms with E-state index in [4.69, 9.17) is 0 Å². The smallest absolute Gasteiger partial charge is 0.478 e. The third-order valence-electron chi connectivity index (χ3n) is 5.59. The Bertz CT molecular complexity index is 1480. The number of nitrogens with one attached hydrogen (secondary N) is 2. The monoisotopic (exact) mass is 638 g/mol. The number of fused-ring (bicyclic) bond motifs is 1. The summed E-state index contributed by atoms with van der Waals surface area (Å²) in [7, 11) is 0. The van der Waals surface area contributed by atoms with Gasteiger partial charge in [0.25, 0.3) is 5.91 Å². The van der Waals surface area contributed by atoms with Crippen molar-refractivity contribution < 1.29 is 24.2 Å². The summed E-state index contributed by atoms with van der Waals surface area (Å²) in [6, 6.07) is 28.1. The van der Waals surface area contributed by atoms with Crippen LogP contribution in [0.5, 0.6) is 0 Å². The number of nitrogens with zero attached hydrogens (tertiary/aromatic N) is 1. The number of carbonyl (C=O) groups excluding carboxylic acids is 2. The molecule has 4 aromatic rings. The molecular formula is C29H25IN3O4S+. The Balaban J connectivity index is 1.55. The van der Waals surface area contributed by atoms with Gasteiger partial charge in [0.05, 0.1) is 0 Å². The van der Waals surface area contributed by atoms with Crippen molar-refractivity contribution in [3.8, 4) is 0 Å². The van der Waals surface area contributed by atoms with Crippen molar-refractivity contribution in [2.75, 3.05) is 5.75 Å². The zero-order valence-corrected chi connectivity index (χ0v) is 23.2. The number of hydrogen-bond acceptors (Lipinski definition) is 4. The van der Waals surface area contributed by atoms with E-state index in [9.17, 15) is 19.5 Å². The number of urea groups is 1. The molecule has 0 aromatic heterocycles. The molecule has 0 radical (unpaired) electrons. The molecule has 0 saturated carbocycles. The minimum absolute atomic E-state index is 0.158. The number of carbonyl (C=O) groups is 3. The Labute approximate surface area is 238 Å². The number of hydrazine groups is 1. The number of carboxylic acid groups (broad SMARTS) is 1. The van der Waals surface area contributed by atoms with E-state index in [0.29, 0.717) is 16.9 Å². The molecule has 7 nitrogen and oxygen atoms in total. The highest BCUT2D eigenvalue weighted by Crippen LogP contribution is 2.15. The van der Waals surface area contributed by atoms with E-state index in [-0.39, 0.29) is 5.75 Å². The van der Waals surface area contributed by atoms with Crippen LogP contribution < -0.4 is 10.7 Å². The summed E-state index contributed by atoms with van der Waals surface area (Å²) in [6.45, 7) is 0. The Morgan fingerprint density at radius 1 is 0.895 bits per heavy atom. The average Bonchev–Trinajstić information content (AvgIpc) is 2.92. The Morgan fingerprint density at radius 3 is 2.29 bits per heavy atom. The lowest BCUT2D eigenvalue weighted by atomic mass is 10.1. The average molecular weight is 639 g/mol. The fourth-order valence-electron chi connectivity index (χ4n) is 3.62. The van der Waals surface area contributed by atoms with Crippen molar-refractivity contribution in [1.29, 1.82) is 0 Å². The molecule has 0 aliphatic rings. The van der Waals surface area contributed by atoms with E-state index in [2.05, 4.69) is 33.3 Å². The maximum absolute atomic E-state index is 13.3. The topological polar surface area (TPSA) is 98.5 Å².